The van der Waals surface area contributed by atoms with Crippen LogP contribution in [0, 0.1) is 11.8 Å². The van der Waals surface area contributed by atoms with Gasteiger partial charge >= 0.3 is 6.09 Å². The minimum absolute atomic E-state index is 0.0399. The molecule has 3 rings (SSSR count). The monoisotopic (exact) mass is 712 g/mol. The Morgan fingerprint density at radius 2 is 1.61 bits per heavy atom. The van der Waals surface area contributed by atoms with E-state index in [-0.39, 0.29) is 18.4 Å². The van der Waals surface area contributed by atoms with E-state index >= 15 is 0 Å². The Labute approximate surface area is 290 Å². The normalized spacial score (nSPS) is 13.7. The predicted molar refractivity (Wildman–Crippen MR) is 185 cm³/mol. The number of carbonyl (C=O) groups excluding carboxylic acids is 3. The molecule has 0 aliphatic rings. The zero-order valence-corrected chi connectivity index (χ0v) is 29.9. The highest BCUT2D eigenvalue weighted by molar-refractivity contribution is 6.54. The lowest BCUT2D eigenvalue weighted by Crippen LogP contribution is -2.57. The Bertz CT molecular complexity index is 1500. The van der Waals surface area contributed by atoms with E-state index in [4.69, 9.17) is 55.7 Å². The van der Waals surface area contributed by atoms with Crippen molar-refractivity contribution in [2.75, 3.05) is 11.4 Å². The second-order valence-corrected chi connectivity index (χ2v) is 14.3. The molecule has 1 aromatic heterocycles. The molecule has 0 spiro atoms. The maximum absolute atomic E-state index is 13.6. The molecule has 250 valence electrons. The number of alkyl halides is 2. The van der Waals surface area contributed by atoms with Crippen LogP contribution in [0.5, 0.6) is 0 Å². The molecule has 3 aromatic rings. The molecule has 46 heavy (non-hydrogen) atoms. The van der Waals surface area contributed by atoms with Crippen molar-refractivity contribution in [3.05, 3.63) is 58.6 Å². The summed E-state index contributed by atoms with van der Waals surface area (Å²) in [6.45, 7) is 12.9. The van der Waals surface area contributed by atoms with E-state index in [2.05, 4.69) is 15.8 Å². The molecule has 0 aliphatic heterocycles. The molecule has 0 unspecified atom stereocenters. The first-order valence-corrected chi connectivity index (χ1v) is 16.6. The van der Waals surface area contributed by atoms with Crippen molar-refractivity contribution in [1.82, 2.24) is 15.8 Å². The highest BCUT2D eigenvalue weighted by Gasteiger charge is 2.33. The number of halogens is 4. The van der Waals surface area contributed by atoms with E-state index in [1.54, 1.807) is 69.3 Å². The van der Waals surface area contributed by atoms with Gasteiger partial charge in [0.15, 0.2) is 10.6 Å². The number of nitrogens with one attached hydrogen (secondary N) is 2. The molecule has 3 amide bonds. The van der Waals surface area contributed by atoms with Crippen molar-refractivity contribution in [1.29, 1.82) is 0 Å². The van der Waals surface area contributed by atoms with E-state index in [0.717, 1.165) is 0 Å². The van der Waals surface area contributed by atoms with Crippen LogP contribution in [-0.4, -0.2) is 52.1 Å². The second kappa shape index (κ2) is 16.2. The first-order chi connectivity index (χ1) is 21.5. The molecule has 0 bridgehead atoms. The zero-order valence-electron chi connectivity index (χ0n) is 26.9. The third kappa shape index (κ3) is 10.0. The van der Waals surface area contributed by atoms with Gasteiger partial charge in [-0.25, -0.2) is 4.79 Å². The van der Waals surface area contributed by atoms with Crippen LogP contribution >= 0.6 is 46.4 Å². The number of hydrogen-bond donors (Lipinski definition) is 2. The van der Waals surface area contributed by atoms with Gasteiger partial charge < -0.3 is 24.8 Å². The summed E-state index contributed by atoms with van der Waals surface area (Å²) < 4.78 is 11.0. The highest BCUT2D eigenvalue weighted by Crippen LogP contribution is 2.36. The number of ether oxygens (including phenoxy) is 1. The number of benzene rings is 2. The molecule has 9 nitrogen and oxygen atoms in total. The van der Waals surface area contributed by atoms with Crippen molar-refractivity contribution in [3.8, 4) is 22.6 Å². The average Bonchev–Trinajstić information content (AvgIpc) is 3.46. The lowest BCUT2D eigenvalue weighted by atomic mass is 9.96. The fourth-order valence-corrected chi connectivity index (χ4v) is 5.39. The number of aromatic nitrogens is 1. The molecule has 1 heterocycles. The number of amides is 3. The van der Waals surface area contributed by atoms with Gasteiger partial charge in [-0.2, -0.15) is 0 Å². The summed E-state index contributed by atoms with van der Waals surface area (Å²) >= 11 is 24.9. The Kier molecular flexibility index (Phi) is 13.2. The van der Waals surface area contributed by atoms with E-state index in [1.165, 1.54) is 4.90 Å². The Hall–Kier alpha value is -2.98. The van der Waals surface area contributed by atoms with Crippen LogP contribution in [0.2, 0.25) is 10.0 Å². The lowest BCUT2D eigenvalue weighted by Gasteiger charge is -2.33. The smallest absolute Gasteiger partial charge is 0.408 e. The molecule has 0 saturated carbocycles. The van der Waals surface area contributed by atoms with E-state index in [9.17, 15) is 14.4 Å². The van der Waals surface area contributed by atoms with Gasteiger partial charge in [-0.3, -0.25) is 9.59 Å². The van der Waals surface area contributed by atoms with Crippen molar-refractivity contribution in [2.24, 2.45) is 11.8 Å². The summed E-state index contributed by atoms with van der Waals surface area (Å²) in [5.41, 5.74) is 1.33. The van der Waals surface area contributed by atoms with Crippen LogP contribution in [0.25, 0.3) is 22.6 Å². The first kappa shape index (κ1) is 37.5. The molecule has 2 N–H and O–H groups in total. The lowest BCUT2D eigenvalue weighted by molar-refractivity contribution is -0.125. The van der Waals surface area contributed by atoms with E-state index in [1.807, 2.05) is 27.7 Å². The van der Waals surface area contributed by atoms with Crippen molar-refractivity contribution >= 4 is 70.0 Å². The van der Waals surface area contributed by atoms with Gasteiger partial charge in [0.05, 0.1) is 10.0 Å². The largest absolute Gasteiger partial charge is 0.444 e. The second-order valence-electron chi connectivity index (χ2n) is 12.3. The number of rotatable bonds is 12. The van der Waals surface area contributed by atoms with Crippen LogP contribution in [-0.2, 0) is 14.3 Å². The minimum Gasteiger partial charge on any atom is -0.444 e. The number of nitrogens with zero attached hydrogens (tertiary/aromatic N) is 2. The molecule has 13 heteroatoms. The van der Waals surface area contributed by atoms with E-state index < -0.39 is 40.4 Å². The minimum atomic E-state index is -1.37. The third-order valence-electron chi connectivity index (χ3n) is 7.30. The molecule has 3 atom stereocenters. The molecule has 0 saturated heterocycles. The van der Waals surface area contributed by atoms with Gasteiger partial charge in [0.25, 0.3) is 5.91 Å². The third-order valence-corrected chi connectivity index (χ3v) is 8.31. The molecular weight excluding hydrogens is 674 g/mol. The summed E-state index contributed by atoms with van der Waals surface area (Å²) in [4.78, 5) is 39.6. The van der Waals surface area contributed by atoms with Crippen LogP contribution < -0.4 is 15.5 Å². The van der Waals surface area contributed by atoms with Gasteiger partial charge in [0.1, 0.15) is 17.3 Å². The summed E-state index contributed by atoms with van der Waals surface area (Å²) in [6.07, 6.45) is -0.0636. The van der Waals surface area contributed by atoms with Crippen LogP contribution in [0.4, 0.5) is 10.5 Å². The number of carbonyl (C=O) groups is 3. The van der Waals surface area contributed by atoms with Crippen LogP contribution in [0.3, 0.4) is 0 Å². The quantitative estimate of drug-likeness (QED) is 0.182. The predicted octanol–water partition coefficient (Wildman–Crippen LogP) is 8.53. The molecular formula is C33H40Cl4N4O5. The number of anilines is 1. The SMILES string of the molecule is CC[C@H](C)[C@H](NC(=O)OC(C)(C)C)C(=O)N[C@H](CN(C(=O)C(Cl)Cl)c1cccc(-c2cc(-c3c(Cl)cccc3Cl)no2)c1)C(C)C. The topological polar surface area (TPSA) is 114 Å². The van der Waals surface area contributed by atoms with Gasteiger partial charge in [-0.05, 0) is 56.9 Å². The Morgan fingerprint density at radius 1 is 0.978 bits per heavy atom. The Morgan fingerprint density at radius 3 is 2.17 bits per heavy atom. The van der Waals surface area contributed by atoms with Crippen molar-refractivity contribution in [3.63, 3.8) is 0 Å². The highest BCUT2D eigenvalue weighted by atomic mass is 35.5. The maximum atomic E-state index is 13.6. The summed E-state index contributed by atoms with van der Waals surface area (Å²) in [5, 5.41) is 10.7. The average molecular weight is 715 g/mol. The number of alkyl carbamates (subject to hydrolysis) is 1. The van der Waals surface area contributed by atoms with E-state index in [0.29, 0.717) is 44.7 Å². The maximum Gasteiger partial charge on any atom is 0.408 e. The summed E-state index contributed by atoms with van der Waals surface area (Å²) in [5.74, 6) is -0.889. The van der Waals surface area contributed by atoms with Crippen LogP contribution in [0.15, 0.2) is 53.1 Å². The van der Waals surface area contributed by atoms with Gasteiger partial charge in [-0.1, -0.05) is 104 Å². The molecule has 0 fully saturated rings. The molecule has 0 aliphatic carbocycles. The molecule has 0 radical (unpaired) electrons. The van der Waals surface area contributed by atoms with Crippen molar-refractivity contribution < 1.29 is 23.6 Å². The summed E-state index contributed by atoms with van der Waals surface area (Å²) in [7, 11) is 0. The fourth-order valence-electron chi connectivity index (χ4n) is 4.57. The number of hydrogen-bond acceptors (Lipinski definition) is 6. The standard InChI is InChI=1S/C33H40Cl4N4O5/c1-8-19(4)28(39-32(44)45-33(5,6)7)30(42)38-25(18(2)3)17-41(31(43)29(36)37)21-12-9-11-20(15-21)26-16-24(40-46-26)27-22(34)13-10-14-23(27)35/h9-16,18-19,25,28-29H,8,17H2,1-7H3,(H,38,42)(H,39,44)/t19-,25+,28-/m0/s1. The Balaban J connectivity index is 1.91. The van der Waals surface area contributed by atoms with Crippen molar-refractivity contribution in [2.45, 2.75) is 77.4 Å². The molecule has 2 aromatic carbocycles. The first-order valence-electron chi connectivity index (χ1n) is 14.9. The zero-order chi connectivity index (χ0) is 34.3. The fraction of sp³-hybridized carbons (Fsp3) is 0.455. The van der Waals surface area contributed by atoms with Gasteiger partial charge in [-0.15, -0.1) is 0 Å². The summed E-state index contributed by atoms with van der Waals surface area (Å²) in [6, 6.07) is 12.5. The van der Waals surface area contributed by atoms with Gasteiger partial charge in [0, 0.05) is 35.5 Å². The van der Waals surface area contributed by atoms with Gasteiger partial charge in [0.2, 0.25) is 5.91 Å². The van der Waals surface area contributed by atoms with Crippen LogP contribution in [0.1, 0.15) is 54.9 Å².